The molecule has 0 radical (unpaired) electrons. The fourth-order valence-electron chi connectivity index (χ4n) is 1.85. The van der Waals surface area contributed by atoms with E-state index in [9.17, 15) is 13.2 Å². The summed E-state index contributed by atoms with van der Waals surface area (Å²) in [5.41, 5.74) is 5.19. The van der Waals surface area contributed by atoms with Crippen LogP contribution in [-0.4, -0.2) is 17.9 Å². The van der Waals surface area contributed by atoms with Gasteiger partial charge in [0.15, 0.2) is 0 Å². The van der Waals surface area contributed by atoms with Crippen LogP contribution in [0.15, 0.2) is 42.5 Å². The van der Waals surface area contributed by atoms with Crippen LogP contribution in [0, 0.1) is 5.41 Å². The highest BCUT2D eigenvalue weighted by Gasteiger charge is 2.33. The molecule has 21 heavy (non-hydrogen) atoms. The Kier molecular flexibility index (Phi) is 3.84. The Balaban J connectivity index is 2.56. The monoisotopic (exact) mass is 294 g/mol. The summed E-state index contributed by atoms with van der Waals surface area (Å²) in [5, 5.41) is 7.49. The summed E-state index contributed by atoms with van der Waals surface area (Å²) >= 11 is 0. The van der Waals surface area contributed by atoms with Gasteiger partial charge in [0.25, 0.3) is 0 Å². The molecule has 0 amide bonds. The SMILES string of the molecule is CN(c1ccccc1)c1nc(C(F)(F)F)ccc1C(=N)N. The van der Waals surface area contributed by atoms with Crippen molar-refractivity contribution in [2.24, 2.45) is 5.73 Å². The maximum Gasteiger partial charge on any atom is 0.433 e. The summed E-state index contributed by atoms with van der Waals surface area (Å²) < 4.78 is 38.4. The van der Waals surface area contributed by atoms with Crippen molar-refractivity contribution in [3.05, 3.63) is 53.7 Å². The molecule has 1 heterocycles. The molecule has 7 heteroatoms. The molecular weight excluding hydrogens is 281 g/mol. The zero-order valence-electron chi connectivity index (χ0n) is 11.1. The number of alkyl halides is 3. The molecule has 3 N–H and O–H groups in total. The number of nitrogens with one attached hydrogen (secondary N) is 1. The number of rotatable bonds is 3. The van der Waals surface area contributed by atoms with Crippen LogP contribution < -0.4 is 10.6 Å². The van der Waals surface area contributed by atoms with Crippen molar-refractivity contribution in [1.29, 1.82) is 5.41 Å². The first-order valence-corrected chi connectivity index (χ1v) is 6.02. The highest BCUT2D eigenvalue weighted by molar-refractivity contribution is 6.00. The van der Waals surface area contributed by atoms with Gasteiger partial charge in [-0.05, 0) is 24.3 Å². The number of hydrogen-bond donors (Lipinski definition) is 2. The first-order valence-electron chi connectivity index (χ1n) is 6.02. The Morgan fingerprint density at radius 1 is 1.14 bits per heavy atom. The second-order valence-corrected chi connectivity index (χ2v) is 4.37. The highest BCUT2D eigenvalue weighted by Crippen LogP contribution is 2.32. The third kappa shape index (κ3) is 3.13. The smallest absolute Gasteiger partial charge is 0.384 e. The molecule has 0 aliphatic heterocycles. The first-order chi connectivity index (χ1) is 9.80. The van der Waals surface area contributed by atoms with Crippen molar-refractivity contribution in [2.45, 2.75) is 6.18 Å². The minimum absolute atomic E-state index is 0.0106. The highest BCUT2D eigenvalue weighted by atomic mass is 19.4. The fraction of sp³-hybridized carbons (Fsp3) is 0.143. The molecule has 2 aromatic rings. The molecular formula is C14H13F3N4. The summed E-state index contributed by atoms with van der Waals surface area (Å²) in [5.74, 6) is -0.350. The molecule has 0 saturated carbocycles. The Labute approximate surface area is 119 Å². The standard InChI is InChI=1S/C14H13F3N4/c1-21(9-5-3-2-4-6-9)13-10(12(18)19)7-8-11(20-13)14(15,16)17/h2-8H,1H3,(H3,18,19). The number of anilines is 2. The van der Waals surface area contributed by atoms with Crippen LogP contribution in [0.2, 0.25) is 0 Å². The number of benzene rings is 1. The second-order valence-electron chi connectivity index (χ2n) is 4.37. The number of nitrogen functional groups attached to an aromatic ring is 1. The van der Waals surface area contributed by atoms with Crippen LogP contribution in [0.3, 0.4) is 0 Å². The van der Waals surface area contributed by atoms with Crippen LogP contribution >= 0.6 is 0 Å². The van der Waals surface area contributed by atoms with E-state index in [2.05, 4.69) is 4.98 Å². The molecule has 0 aliphatic carbocycles. The van der Waals surface area contributed by atoms with Crippen molar-refractivity contribution in [3.8, 4) is 0 Å². The van der Waals surface area contributed by atoms with Crippen LogP contribution in [0.25, 0.3) is 0 Å². The molecule has 4 nitrogen and oxygen atoms in total. The van der Waals surface area contributed by atoms with Gasteiger partial charge in [-0.15, -0.1) is 0 Å². The van der Waals surface area contributed by atoms with Crippen molar-refractivity contribution in [2.75, 3.05) is 11.9 Å². The van der Waals surface area contributed by atoms with E-state index in [-0.39, 0.29) is 17.2 Å². The number of amidine groups is 1. The molecule has 0 fully saturated rings. The number of pyridine rings is 1. The maximum atomic E-state index is 12.8. The lowest BCUT2D eigenvalue weighted by molar-refractivity contribution is -0.141. The summed E-state index contributed by atoms with van der Waals surface area (Å²) in [6, 6.07) is 10.7. The molecule has 0 spiro atoms. The quantitative estimate of drug-likeness (QED) is 0.675. The number of aromatic nitrogens is 1. The van der Waals surface area contributed by atoms with Gasteiger partial charge in [-0.1, -0.05) is 18.2 Å². The van der Waals surface area contributed by atoms with E-state index >= 15 is 0 Å². The normalized spacial score (nSPS) is 11.2. The molecule has 0 aliphatic rings. The second kappa shape index (κ2) is 5.43. The maximum absolute atomic E-state index is 12.8. The molecule has 1 aromatic heterocycles. The van der Waals surface area contributed by atoms with Gasteiger partial charge in [0.1, 0.15) is 17.3 Å². The Hall–Kier alpha value is -2.57. The minimum atomic E-state index is -4.55. The van der Waals surface area contributed by atoms with E-state index in [0.29, 0.717) is 5.69 Å². The zero-order chi connectivity index (χ0) is 15.6. The molecule has 2 rings (SSSR count). The van der Waals surface area contributed by atoms with Gasteiger partial charge in [0.05, 0.1) is 5.56 Å². The Morgan fingerprint density at radius 3 is 2.29 bits per heavy atom. The summed E-state index contributed by atoms with van der Waals surface area (Å²) in [4.78, 5) is 5.09. The van der Waals surface area contributed by atoms with Crippen molar-refractivity contribution in [3.63, 3.8) is 0 Å². The molecule has 0 unspecified atom stereocenters. The van der Waals surface area contributed by atoms with Gasteiger partial charge in [-0.3, -0.25) is 5.41 Å². The van der Waals surface area contributed by atoms with E-state index in [4.69, 9.17) is 11.1 Å². The van der Waals surface area contributed by atoms with E-state index in [0.717, 1.165) is 12.1 Å². The lowest BCUT2D eigenvalue weighted by atomic mass is 10.2. The largest absolute Gasteiger partial charge is 0.433 e. The lowest BCUT2D eigenvalue weighted by Gasteiger charge is -2.22. The number of nitrogens with two attached hydrogens (primary N) is 1. The molecule has 1 aromatic carbocycles. The number of halogens is 3. The van der Waals surface area contributed by atoms with E-state index < -0.39 is 11.9 Å². The molecule has 110 valence electrons. The third-order valence-electron chi connectivity index (χ3n) is 2.92. The number of nitrogens with zero attached hydrogens (tertiary/aromatic N) is 2. The van der Waals surface area contributed by atoms with E-state index in [1.54, 1.807) is 37.4 Å². The number of para-hydroxylation sites is 1. The molecule has 0 atom stereocenters. The predicted octanol–water partition coefficient (Wildman–Crippen LogP) is 3.15. The van der Waals surface area contributed by atoms with Gasteiger partial charge in [0.2, 0.25) is 0 Å². The summed E-state index contributed by atoms with van der Waals surface area (Å²) in [6.07, 6.45) is -4.55. The van der Waals surface area contributed by atoms with Crippen LogP contribution in [0.4, 0.5) is 24.7 Å². The Bertz CT molecular complexity index is 653. The van der Waals surface area contributed by atoms with Gasteiger partial charge in [-0.25, -0.2) is 4.98 Å². The van der Waals surface area contributed by atoms with Gasteiger partial charge in [0, 0.05) is 12.7 Å². The average Bonchev–Trinajstić information content (AvgIpc) is 2.45. The topological polar surface area (TPSA) is 66.0 Å². The summed E-state index contributed by atoms with van der Waals surface area (Å²) in [7, 11) is 1.57. The predicted molar refractivity (Wildman–Crippen MR) is 74.8 cm³/mol. The van der Waals surface area contributed by atoms with Crippen LogP contribution in [0.1, 0.15) is 11.3 Å². The van der Waals surface area contributed by atoms with Crippen molar-refractivity contribution >= 4 is 17.3 Å². The third-order valence-corrected chi connectivity index (χ3v) is 2.92. The lowest BCUT2D eigenvalue weighted by Crippen LogP contribution is -2.22. The zero-order valence-corrected chi connectivity index (χ0v) is 11.1. The van der Waals surface area contributed by atoms with Crippen molar-refractivity contribution < 1.29 is 13.2 Å². The minimum Gasteiger partial charge on any atom is -0.384 e. The van der Waals surface area contributed by atoms with E-state index in [1.165, 1.54) is 4.90 Å². The van der Waals surface area contributed by atoms with Gasteiger partial charge in [-0.2, -0.15) is 13.2 Å². The van der Waals surface area contributed by atoms with Crippen molar-refractivity contribution in [1.82, 2.24) is 4.98 Å². The fourth-order valence-corrected chi connectivity index (χ4v) is 1.85. The molecule has 0 bridgehead atoms. The van der Waals surface area contributed by atoms with Gasteiger partial charge < -0.3 is 10.6 Å². The van der Waals surface area contributed by atoms with Crippen LogP contribution in [-0.2, 0) is 6.18 Å². The first kappa shape index (κ1) is 14.8. The molecule has 0 saturated heterocycles. The number of hydrogen-bond acceptors (Lipinski definition) is 3. The Morgan fingerprint density at radius 2 is 1.76 bits per heavy atom. The van der Waals surface area contributed by atoms with Crippen LogP contribution in [0.5, 0.6) is 0 Å². The van der Waals surface area contributed by atoms with E-state index in [1.807, 2.05) is 0 Å². The van der Waals surface area contributed by atoms with Gasteiger partial charge >= 0.3 is 6.18 Å². The average molecular weight is 294 g/mol. The summed E-state index contributed by atoms with van der Waals surface area (Å²) in [6.45, 7) is 0.